The standard InChI is InChI=1S/C10H7BrClN3O/c11-7-3-6(12)1-2-8(7)16-10-5-14-4-9(13)15-10/h1-5H,(H2,13,15). The number of nitrogens with zero attached hydrogens (tertiary/aromatic N) is 2. The summed E-state index contributed by atoms with van der Waals surface area (Å²) in [7, 11) is 0. The number of ether oxygens (including phenoxy) is 1. The minimum Gasteiger partial charge on any atom is -0.436 e. The molecule has 2 N–H and O–H groups in total. The Kier molecular flexibility index (Phi) is 3.26. The van der Waals surface area contributed by atoms with E-state index in [9.17, 15) is 0 Å². The molecule has 0 spiro atoms. The zero-order valence-corrected chi connectivity index (χ0v) is 10.4. The molecule has 4 nitrogen and oxygen atoms in total. The highest BCUT2D eigenvalue weighted by atomic mass is 79.9. The topological polar surface area (TPSA) is 61.0 Å². The number of nitrogen functional groups attached to an aromatic ring is 1. The maximum absolute atomic E-state index is 5.81. The van der Waals surface area contributed by atoms with Crippen molar-refractivity contribution in [3.8, 4) is 11.6 Å². The number of benzene rings is 1. The Morgan fingerprint density at radius 2 is 2.12 bits per heavy atom. The zero-order chi connectivity index (χ0) is 11.5. The van der Waals surface area contributed by atoms with Gasteiger partial charge in [-0.25, -0.2) is 0 Å². The normalized spacial score (nSPS) is 10.1. The third kappa shape index (κ3) is 2.62. The average Bonchev–Trinajstić information content (AvgIpc) is 2.22. The third-order valence-electron chi connectivity index (χ3n) is 1.74. The minimum absolute atomic E-state index is 0.308. The van der Waals surface area contributed by atoms with Gasteiger partial charge in [0.25, 0.3) is 0 Å². The molecule has 0 saturated heterocycles. The first-order valence-electron chi connectivity index (χ1n) is 4.35. The van der Waals surface area contributed by atoms with E-state index in [-0.39, 0.29) is 0 Å². The van der Waals surface area contributed by atoms with Crippen LogP contribution in [-0.4, -0.2) is 9.97 Å². The van der Waals surface area contributed by atoms with Gasteiger partial charge in [0.1, 0.15) is 11.6 Å². The van der Waals surface area contributed by atoms with Crippen LogP contribution in [0.5, 0.6) is 11.6 Å². The van der Waals surface area contributed by atoms with Crippen molar-refractivity contribution in [2.75, 3.05) is 5.73 Å². The van der Waals surface area contributed by atoms with Crippen molar-refractivity contribution >= 4 is 33.3 Å². The Balaban J connectivity index is 2.27. The fourth-order valence-corrected chi connectivity index (χ4v) is 1.85. The number of nitrogens with two attached hydrogens (primary N) is 1. The Hall–Kier alpha value is -1.33. The van der Waals surface area contributed by atoms with Gasteiger partial charge in [0.15, 0.2) is 0 Å². The lowest BCUT2D eigenvalue weighted by molar-refractivity contribution is 0.458. The molecule has 6 heteroatoms. The molecule has 1 aromatic carbocycles. The van der Waals surface area contributed by atoms with Gasteiger partial charge in [-0.15, -0.1) is 0 Å². The van der Waals surface area contributed by atoms with Gasteiger partial charge in [-0.05, 0) is 34.1 Å². The second kappa shape index (κ2) is 4.67. The van der Waals surface area contributed by atoms with Crippen molar-refractivity contribution in [1.29, 1.82) is 0 Å². The predicted octanol–water partition coefficient (Wildman–Crippen LogP) is 3.27. The molecule has 0 aliphatic rings. The van der Waals surface area contributed by atoms with Crippen LogP contribution in [0.25, 0.3) is 0 Å². The SMILES string of the molecule is Nc1cncc(Oc2ccc(Cl)cc2Br)n1. The van der Waals surface area contributed by atoms with Gasteiger partial charge in [-0.2, -0.15) is 4.98 Å². The molecule has 0 radical (unpaired) electrons. The fourth-order valence-electron chi connectivity index (χ4n) is 1.08. The van der Waals surface area contributed by atoms with Crippen molar-refractivity contribution in [2.45, 2.75) is 0 Å². The van der Waals surface area contributed by atoms with Crippen LogP contribution in [0.3, 0.4) is 0 Å². The highest BCUT2D eigenvalue weighted by molar-refractivity contribution is 9.10. The predicted molar refractivity (Wildman–Crippen MR) is 65.7 cm³/mol. The summed E-state index contributed by atoms with van der Waals surface area (Å²) in [5.41, 5.74) is 5.49. The molecule has 1 aromatic heterocycles. The zero-order valence-electron chi connectivity index (χ0n) is 8.02. The second-order valence-corrected chi connectivity index (χ2v) is 4.25. The summed E-state index contributed by atoms with van der Waals surface area (Å²) in [5, 5.41) is 0.623. The molecule has 2 rings (SSSR count). The molecule has 16 heavy (non-hydrogen) atoms. The number of aromatic nitrogens is 2. The van der Waals surface area contributed by atoms with E-state index in [2.05, 4.69) is 25.9 Å². The molecule has 0 amide bonds. The monoisotopic (exact) mass is 299 g/mol. The van der Waals surface area contributed by atoms with Gasteiger partial charge in [0.05, 0.1) is 16.9 Å². The molecular weight excluding hydrogens is 293 g/mol. The Labute approximate surface area is 106 Å². The molecule has 0 unspecified atom stereocenters. The van der Waals surface area contributed by atoms with Crippen molar-refractivity contribution in [3.05, 3.63) is 40.1 Å². The smallest absolute Gasteiger partial charge is 0.239 e. The summed E-state index contributed by atoms with van der Waals surface area (Å²) in [5.74, 6) is 1.25. The van der Waals surface area contributed by atoms with Crippen LogP contribution in [0.2, 0.25) is 5.02 Å². The van der Waals surface area contributed by atoms with Crippen LogP contribution >= 0.6 is 27.5 Å². The summed E-state index contributed by atoms with van der Waals surface area (Å²) >= 11 is 9.15. The van der Waals surface area contributed by atoms with E-state index in [1.165, 1.54) is 12.4 Å². The molecule has 1 heterocycles. The van der Waals surface area contributed by atoms with Gasteiger partial charge in [0, 0.05) is 5.02 Å². The number of anilines is 1. The number of halogens is 2. The first-order valence-corrected chi connectivity index (χ1v) is 5.52. The van der Waals surface area contributed by atoms with E-state index in [0.717, 1.165) is 4.47 Å². The lowest BCUT2D eigenvalue weighted by atomic mass is 10.3. The number of hydrogen-bond acceptors (Lipinski definition) is 4. The first kappa shape index (κ1) is 11.2. The van der Waals surface area contributed by atoms with Crippen LogP contribution in [-0.2, 0) is 0 Å². The van der Waals surface area contributed by atoms with Gasteiger partial charge in [-0.3, -0.25) is 4.98 Å². The number of rotatable bonds is 2. The molecule has 0 fully saturated rings. The molecule has 0 saturated carbocycles. The summed E-state index contributed by atoms with van der Waals surface area (Å²) in [6.45, 7) is 0. The summed E-state index contributed by atoms with van der Waals surface area (Å²) in [6.07, 6.45) is 2.93. The molecule has 0 aliphatic carbocycles. The van der Waals surface area contributed by atoms with Crippen LogP contribution in [0.4, 0.5) is 5.82 Å². The molecule has 0 aliphatic heterocycles. The average molecular weight is 301 g/mol. The van der Waals surface area contributed by atoms with Gasteiger partial charge < -0.3 is 10.5 Å². The minimum atomic E-state index is 0.308. The van der Waals surface area contributed by atoms with Crippen molar-refractivity contribution < 1.29 is 4.74 Å². The maximum atomic E-state index is 5.81. The Morgan fingerprint density at radius 1 is 1.31 bits per heavy atom. The van der Waals surface area contributed by atoms with Gasteiger partial charge in [-0.1, -0.05) is 11.6 Å². The largest absolute Gasteiger partial charge is 0.436 e. The van der Waals surface area contributed by atoms with Crippen molar-refractivity contribution in [2.24, 2.45) is 0 Å². The summed E-state index contributed by atoms with van der Waals surface area (Å²) < 4.78 is 6.23. The van der Waals surface area contributed by atoms with Crippen LogP contribution in [0.1, 0.15) is 0 Å². The van der Waals surface area contributed by atoms with Crippen LogP contribution in [0.15, 0.2) is 35.1 Å². The first-order chi connectivity index (χ1) is 7.65. The molecule has 0 bridgehead atoms. The lowest BCUT2D eigenvalue weighted by Crippen LogP contribution is -1.94. The fraction of sp³-hybridized carbons (Fsp3) is 0. The highest BCUT2D eigenvalue weighted by Gasteiger charge is 2.04. The van der Waals surface area contributed by atoms with Gasteiger partial charge in [0.2, 0.25) is 5.88 Å². The van der Waals surface area contributed by atoms with Crippen molar-refractivity contribution in [1.82, 2.24) is 9.97 Å². The van der Waals surface area contributed by atoms with E-state index < -0.39 is 0 Å². The Morgan fingerprint density at radius 3 is 2.81 bits per heavy atom. The van der Waals surface area contributed by atoms with E-state index in [4.69, 9.17) is 22.1 Å². The maximum Gasteiger partial charge on any atom is 0.239 e. The molecular formula is C10H7BrClN3O. The molecule has 0 atom stereocenters. The van der Waals surface area contributed by atoms with Crippen LogP contribution < -0.4 is 10.5 Å². The van der Waals surface area contributed by atoms with E-state index in [1.807, 2.05) is 0 Å². The van der Waals surface area contributed by atoms with Gasteiger partial charge >= 0.3 is 0 Å². The second-order valence-electron chi connectivity index (χ2n) is 2.96. The third-order valence-corrected chi connectivity index (χ3v) is 2.59. The summed E-state index contributed by atoms with van der Waals surface area (Å²) in [4.78, 5) is 7.84. The quantitative estimate of drug-likeness (QED) is 0.924. The highest BCUT2D eigenvalue weighted by Crippen LogP contribution is 2.30. The summed E-state index contributed by atoms with van der Waals surface area (Å²) in [6, 6.07) is 5.19. The molecule has 82 valence electrons. The van der Waals surface area contributed by atoms with Crippen LogP contribution in [0, 0.1) is 0 Å². The number of hydrogen-bond donors (Lipinski definition) is 1. The van der Waals surface area contributed by atoms with Crippen molar-refractivity contribution in [3.63, 3.8) is 0 Å². The lowest BCUT2D eigenvalue weighted by Gasteiger charge is -2.06. The van der Waals surface area contributed by atoms with E-state index >= 15 is 0 Å². The molecule has 2 aromatic rings. The Bertz CT molecular complexity index is 521. The van der Waals surface area contributed by atoms with E-state index in [0.29, 0.717) is 22.5 Å². The van der Waals surface area contributed by atoms with E-state index in [1.54, 1.807) is 18.2 Å².